The van der Waals surface area contributed by atoms with E-state index in [4.69, 9.17) is 0 Å². The Bertz CT molecular complexity index is 1160. The van der Waals surface area contributed by atoms with Crippen molar-refractivity contribution in [3.05, 3.63) is 65.7 Å². The molecule has 4 rings (SSSR count). The maximum absolute atomic E-state index is 13.1. The second-order valence-electron chi connectivity index (χ2n) is 10.3. The molecular weight excluding hydrogens is 466 g/mol. The number of likely N-dealkylation sites (N-methyl/N-ethyl adjacent to an activating group) is 1. The molecule has 6 N–H and O–H groups in total. The van der Waals surface area contributed by atoms with E-state index >= 15 is 0 Å². The first-order valence-electron chi connectivity index (χ1n) is 13.3. The molecule has 1 fully saturated rings. The molecule has 1 amide bonds. The zero-order valence-corrected chi connectivity index (χ0v) is 21.5. The number of hydrogen-bond acceptors (Lipinski definition) is 6. The minimum atomic E-state index is -0.625. The topological polar surface area (TPSA) is 114 Å². The summed E-state index contributed by atoms with van der Waals surface area (Å²) >= 11 is 0. The van der Waals surface area contributed by atoms with E-state index in [9.17, 15) is 20.1 Å². The lowest BCUT2D eigenvalue weighted by Gasteiger charge is -2.29. The molecule has 0 aromatic heterocycles. The van der Waals surface area contributed by atoms with Crippen molar-refractivity contribution in [2.24, 2.45) is 5.92 Å². The van der Waals surface area contributed by atoms with Crippen LogP contribution in [-0.4, -0.2) is 53.4 Å². The number of carbonyl (C=O) groups is 1. The fraction of sp³-hybridized carbons (Fsp3) is 0.433. The minimum Gasteiger partial charge on any atom is -0.504 e. The van der Waals surface area contributed by atoms with Gasteiger partial charge in [-0.05, 0) is 54.3 Å². The molecule has 0 saturated heterocycles. The van der Waals surface area contributed by atoms with E-state index in [-0.39, 0.29) is 23.6 Å². The number of carbonyl (C=O) groups excluding carboxylic acids is 1. The van der Waals surface area contributed by atoms with Gasteiger partial charge in [0.15, 0.2) is 17.2 Å². The lowest BCUT2D eigenvalue weighted by Crippen LogP contribution is -2.48. The highest BCUT2D eigenvalue weighted by atomic mass is 16.3. The molecule has 7 heteroatoms. The number of amides is 1. The smallest absolute Gasteiger partial charge is 0.251 e. The summed E-state index contributed by atoms with van der Waals surface area (Å²) in [6.07, 6.45) is 7.78. The predicted molar refractivity (Wildman–Crippen MR) is 147 cm³/mol. The third-order valence-corrected chi connectivity index (χ3v) is 7.46. The molecule has 0 aliphatic heterocycles. The van der Waals surface area contributed by atoms with Crippen molar-refractivity contribution in [3.8, 4) is 17.2 Å². The highest BCUT2D eigenvalue weighted by molar-refractivity contribution is 5.95. The first kappa shape index (κ1) is 26.8. The van der Waals surface area contributed by atoms with Gasteiger partial charge in [-0.1, -0.05) is 74.6 Å². The Morgan fingerprint density at radius 1 is 0.919 bits per heavy atom. The Morgan fingerprint density at radius 2 is 1.62 bits per heavy atom. The van der Waals surface area contributed by atoms with Crippen LogP contribution in [0, 0.1) is 5.92 Å². The zero-order chi connectivity index (χ0) is 26.2. The van der Waals surface area contributed by atoms with Crippen molar-refractivity contribution < 1.29 is 20.1 Å². The van der Waals surface area contributed by atoms with Gasteiger partial charge >= 0.3 is 0 Å². The summed E-state index contributed by atoms with van der Waals surface area (Å²) in [6.45, 7) is 1.39. The van der Waals surface area contributed by atoms with Gasteiger partial charge in [-0.15, -0.1) is 0 Å². The Hall–Kier alpha value is -3.29. The van der Waals surface area contributed by atoms with E-state index in [2.05, 4.69) is 58.4 Å². The van der Waals surface area contributed by atoms with Crippen LogP contribution >= 0.6 is 0 Å². The molecule has 3 aromatic carbocycles. The molecule has 1 aliphatic rings. The number of nitrogens with one attached hydrogen (secondary N) is 3. The van der Waals surface area contributed by atoms with Gasteiger partial charge in [0.2, 0.25) is 0 Å². The number of rotatable bonds is 11. The summed E-state index contributed by atoms with van der Waals surface area (Å²) in [7, 11) is 1.95. The molecule has 0 spiro atoms. The van der Waals surface area contributed by atoms with E-state index in [1.807, 2.05) is 7.05 Å². The van der Waals surface area contributed by atoms with Crippen LogP contribution in [0.25, 0.3) is 10.8 Å². The van der Waals surface area contributed by atoms with Crippen LogP contribution in [0.5, 0.6) is 17.2 Å². The van der Waals surface area contributed by atoms with Crippen LogP contribution in [0.15, 0.2) is 54.6 Å². The van der Waals surface area contributed by atoms with Crippen molar-refractivity contribution in [2.45, 2.75) is 57.0 Å². The van der Waals surface area contributed by atoms with E-state index in [1.54, 1.807) is 0 Å². The van der Waals surface area contributed by atoms with Gasteiger partial charge in [0.25, 0.3) is 5.91 Å². The molecular formula is C30H39N3O4. The molecule has 0 heterocycles. The molecule has 37 heavy (non-hydrogen) atoms. The second kappa shape index (κ2) is 12.8. The number of aromatic hydroxyl groups is 3. The standard InChI is InChI=1S/C30H39N3O4/c1-31-18-24(15-22-12-7-11-21-10-5-6-13-26(21)22)32-19-25(14-20-8-3-2-4-9-20)33-30(37)23-16-27(34)29(36)28(35)17-23/h5-7,10-13,16-17,20,24-25,31-32,34-36H,2-4,8-9,14-15,18-19H2,1H3,(H,33,37)/t24-,25-/m0/s1. The molecule has 1 saturated carbocycles. The normalized spacial score (nSPS) is 15.9. The monoisotopic (exact) mass is 505 g/mol. The fourth-order valence-corrected chi connectivity index (χ4v) is 5.53. The Balaban J connectivity index is 1.47. The molecule has 1 aliphatic carbocycles. The van der Waals surface area contributed by atoms with Gasteiger partial charge in [0, 0.05) is 30.7 Å². The summed E-state index contributed by atoms with van der Waals surface area (Å²) in [6, 6.07) is 17.3. The predicted octanol–water partition coefficient (Wildman–Crippen LogP) is 4.45. The summed E-state index contributed by atoms with van der Waals surface area (Å²) in [5.74, 6) is -1.48. The number of hydrogen-bond donors (Lipinski definition) is 6. The van der Waals surface area contributed by atoms with Crippen molar-refractivity contribution in [1.82, 2.24) is 16.0 Å². The summed E-state index contributed by atoms with van der Waals surface area (Å²) in [4.78, 5) is 13.1. The SMILES string of the molecule is CNC[C@H](Cc1cccc2ccccc12)NC[C@H](CC1CCCCC1)NC(=O)c1cc(O)c(O)c(O)c1. The van der Waals surface area contributed by atoms with Crippen molar-refractivity contribution in [2.75, 3.05) is 20.1 Å². The second-order valence-corrected chi connectivity index (χ2v) is 10.3. The number of phenolic OH excluding ortho intramolecular Hbond substituents is 3. The van der Waals surface area contributed by atoms with Gasteiger partial charge in [-0.25, -0.2) is 0 Å². The van der Waals surface area contributed by atoms with Crippen LogP contribution in [0.2, 0.25) is 0 Å². The Labute approximate surface area is 218 Å². The van der Waals surface area contributed by atoms with E-state index < -0.39 is 17.2 Å². The zero-order valence-electron chi connectivity index (χ0n) is 21.5. The van der Waals surface area contributed by atoms with E-state index in [0.29, 0.717) is 12.5 Å². The molecule has 0 radical (unpaired) electrons. The van der Waals surface area contributed by atoms with Gasteiger partial charge in [-0.3, -0.25) is 4.79 Å². The van der Waals surface area contributed by atoms with Gasteiger partial charge in [0.1, 0.15) is 0 Å². The summed E-state index contributed by atoms with van der Waals surface area (Å²) < 4.78 is 0. The third-order valence-electron chi connectivity index (χ3n) is 7.46. The first-order chi connectivity index (χ1) is 17.9. The van der Waals surface area contributed by atoms with Crippen molar-refractivity contribution >= 4 is 16.7 Å². The summed E-state index contributed by atoms with van der Waals surface area (Å²) in [5.41, 5.74) is 1.40. The maximum atomic E-state index is 13.1. The average Bonchev–Trinajstić information content (AvgIpc) is 2.90. The number of fused-ring (bicyclic) bond motifs is 1. The quantitative estimate of drug-likeness (QED) is 0.215. The molecule has 2 atom stereocenters. The molecule has 7 nitrogen and oxygen atoms in total. The lowest BCUT2D eigenvalue weighted by molar-refractivity contribution is 0.0926. The minimum absolute atomic E-state index is 0.111. The number of phenols is 3. The molecule has 0 unspecified atom stereocenters. The molecule has 3 aromatic rings. The van der Waals surface area contributed by atoms with Crippen LogP contribution in [0.1, 0.15) is 54.4 Å². The summed E-state index contributed by atoms with van der Waals surface area (Å²) in [5, 5.41) is 42.0. The molecule has 198 valence electrons. The maximum Gasteiger partial charge on any atom is 0.251 e. The highest BCUT2D eigenvalue weighted by Crippen LogP contribution is 2.35. The van der Waals surface area contributed by atoms with E-state index in [0.717, 1.165) is 19.4 Å². The third kappa shape index (κ3) is 7.14. The van der Waals surface area contributed by atoms with Crippen LogP contribution in [0.4, 0.5) is 0 Å². The highest BCUT2D eigenvalue weighted by Gasteiger charge is 2.23. The van der Waals surface area contributed by atoms with Gasteiger partial charge < -0.3 is 31.3 Å². The Morgan fingerprint density at radius 3 is 2.35 bits per heavy atom. The Kier molecular flexibility index (Phi) is 9.25. The first-order valence-corrected chi connectivity index (χ1v) is 13.3. The molecule has 0 bridgehead atoms. The van der Waals surface area contributed by atoms with Gasteiger partial charge in [-0.2, -0.15) is 0 Å². The van der Waals surface area contributed by atoms with Crippen molar-refractivity contribution in [3.63, 3.8) is 0 Å². The average molecular weight is 506 g/mol. The fourth-order valence-electron chi connectivity index (χ4n) is 5.53. The van der Waals surface area contributed by atoms with Crippen LogP contribution < -0.4 is 16.0 Å². The lowest BCUT2D eigenvalue weighted by atomic mass is 9.84. The number of benzene rings is 3. The van der Waals surface area contributed by atoms with Gasteiger partial charge in [0.05, 0.1) is 0 Å². The van der Waals surface area contributed by atoms with Crippen LogP contribution in [0.3, 0.4) is 0 Å². The van der Waals surface area contributed by atoms with Crippen molar-refractivity contribution in [1.29, 1.82) is 0 Å². The largest absolute Gasteiger partial charge is 0.504 e. The van der Waals surface area contributed by atoms with E-state index in [1.165, 1.54) is 60.6 Å². The van der Waals surface area contributed by atoms with Crippen LogP contribution in [-0.2, 0) is 6.42 Å².